The molecule has 11 nitrogen and oxygen atoms in total. The van der Waals surface area contributed by atoms with Crippen molar-refractivity contribution in [2.24, 2.45) is 0 Å². The van der Waals surface area contributed by atoms with Crippen LogP contribution in [0.5, 0.6) is 11.5 Å². The largest absolute Gasteiger partial charge is 0.495 e. The summed E-state index contributed by atoms with van der Waals surface area (Å²) >= 11 is 0. The fourth-order valence-electron chi connectivity index (χ4n) is 3.04. The van der Waals surface area contributed by atoms with Gasteiger partial charge in [-0.3, -0.25) is 9.10 Å². The highest BCUT2D eigenvalue weighted by Crippen LogP contribution is 2.39. The number of nitrogens with zero attached hydrogens (tertiary/aromatic N) is 5. The van der Waals surface area contributed by atoms with Crippen LogP contribution in [-0.2, 0) is 14.8 Å². The lowest BCUT2D eigenvalue weighted by Crippen LogP contribution is -2.42. The van der Waals surface area contributed by atoms with Gasteiger partial charge in [-0.15, -0.1) is 5.10 Å². The lowest BCUT2D eigenvalue weighted by atomic mass is 10.2. The van der Waals surface area contributed by atoms with Crippen molar-refractivity contribution < 1.29 is 22.7 Å². The monoisotopic (exact) mass is 416 g/mol. The van der Waals surface area contributed by atoms with E-state index in [0.29, 0.717) is 17.1 Å². The molecule has 0 bridgehead atoms. The molecule has 1 N–H and O–H groups in total. The summed E-state index contributed by atoms with van der Waals surface area (Å²) in [5.41, 5.74) is 1.16. The fourth-order valence-corrected chi connectivity index (χ4v) is 4.64. The van der Waals surface area contributed by atoms with Gasteiger partial charge in [0.25, 0.3) is 10.0 Å². The van der Waals surface area contributed by atoms with Gasteiger partial charge in [0.05, 0.1) is 25.6 Å². The van der Waals surface area contributed by atoms with E-state index < -0.39 is 15.9 Å². The topological polar surface area (TPSA) is 129 Å². The third-order valence-corrected chi connectivity index (χ3v) is 6.14. The van der Waals surface area contributed by atoms with E-state index in [1.807, 2.05) is 0 Å². The number of aromatic nitrogens is 4. The maximum absolute atomic E-state index is 13.5. The molecule has 12 heteroatoms. The number of amides is 1. The Balaban J connectivity index is 1.89. The molecular weight excluding hydrogens is 400 g/mol. The number of fused-ring (bicyclic) bond motifs is 1. The van der Waals surface area contributed by atoms with Gasteiger partial charge in [0, 0.05) is 12.1 Å². The van der Waals surface area contributed by atoms with E-state index in [1.54, 1.807) is 24.3 Å². The van der Waals surface area contributed by atoms with Gasteiger partial charge in [-0.2, -0.15) is 4.68 Å². The Labute approximate surface area is 165 Å². The van der Waals surface area contributed by atoms with Crippen molar-refractivity contribution in [2.45, 2.75) is 4.90 Å². The smallest absolute Gasteiger partial charge is 0.268 e. The number of carbonyl (C=O) groups is 1. The molecule has 0 aliphatic carbocycles. The van der Waals surface area contributed by atoms with Crippen LogP contribution >= 0.6 is 0 Å². The second kappa shape index (κ2) is 7.05. The third-order valence-electron chi connectivity index (χ3n) is 4.36. The summed E-state index contributed by atoms with van der Waals surface area (Å²) in [6.45, 7) is -0.362. The minimum absolute atomic E-state index is 0.0553. The summed E-state index contributed by atoms with van der Waals surface area (Å²) in [5, 5.41) is 13.6. The van der Waals surface area contributed by atoms with E-state index in [0.717, 1.165) is 4.31 Å². The maximum Gasteiger partial charge on any atom is 0.268 e. The molecule has 1 aliphatic heterocycles. The van der Waals surface area contributed by atoms with Crippen LogP contribution in [0.15, 0.2) is 47.6 Å². The standard InChI is InChI=1S/C17H16N6O5S/c1-27-14-8-16(15(28-2)7-13(14)22-10-18-20-21-22)29(25,26)23-9-17(24)19-11-5-3-4-6-12(11)23/h3-8,10H,9H2,1-2H3,(H,19,24). The molecule has 29 heavy (non-hydrogen) atoms. The molecular formula is C17H16N6O5S. The molecule has 0 radical (unpaired) electrons. The van der Waals surface area contributed by atoms with Gasteiger partial charge in [-0.25, -0.2) is 8.42 Å². The highest BCUT2D eigenvalue weighted by molar-refractivity contribution is 7.93. The van der Waals surface area contributed by atoms with Gasteiger partial charge in [0.15, 0.2) is 0 Å². The number of ether oxygens (including phenoxy) is 2. The lowest BCUT2D eigenvalue weighted by Gasteiger charge is -2.30. The Morgan fingerprint density at radius 1 is 1.07 bits per heavy atom. The van der Waals surface area contributed by atoms with Gasteiger partial charge in [-0.05, 0) is 22.6 Å². The Bertz CT molecular complexity index is 1180. The molecule has 1 aromatic heterocycles. The van der Waals surface area contributed by atoms with Gasteiger partial charge >= 0.3 is 0 Å². The van der Waals surface area contributed by atoms with E-state index in [-0.39, 0.29) is 22.9 Å². The summed E-state index contributed by atoms with van der Waals surface area (Å²) in [7, 11) is -1.42. The lowest BCUT2D eigenvalue weighted by molar-refractivity contribution is -0.115. The third kappa shape index (κ3) is 3.12. The van der Waals surface area contributed by atoms with Crippen LogP contribution in [0, 0.1) is 0 Å². The molecule has 0 saturated carbocycles. The van der Waals surface area contributed by atoms with Crippen molar-refractivity contribution in [2.75, 3.05) is 30.4 Å². The number of methoxy groups -OCH3 is 2. The van der Waals surface area contributed by atoms with E-state index in [1.165, 1.54) is 37.4 Å². The molecule has 2 heterocycles. The number of anilines is 2. The summed E-state index contributed by atoms with van der Waals surface area (Å²) in [6, 6.07) is 9.43. The van der Waals surface area contributed by atoms with Crippen molar-refractivity contribution in [1.29, 1.82) is 0 Å². The average molecular weight is 416 g/mol. The average Bonchev–Trinajstić information content (AvgIpc) is 3.26. The summed E-state index contributed by atoms with van der Waals surface area (Å²) < 4.78 is 40.0. The van der Waals surface area contributed by atoms with Crippen molar-refractivity contribution >= 4 is 27.3 Å². The Morgan fingerprint density at radius 2 is 1.83 bits per heavy atom. The predicted molar refractivity (Wildman–Crippen MR) is 102 cm³/mol. The molecule has 0 fully saturated rings. The molecule has 0 unspecified atom stereocenters. The van der Waals surface area contributed by atoms with Gasteiger partial charge in [-0.1, -0.05) is 12.1 Å². The minimum Gasteiger partial charge on any atom is -0.495 e. The molecule has 2 aromatic carbocycles. The number of nitrogens with one attached hydrogen (secondary N) is 1. The van der Waals surface area contributed by atoms with E-state index in [2.05, 4.69) is 20.8 Å². The highest BCUT2D eigenvalue weighted by atomic mass is 32.2. The number of sulfonamides is 1. The van der Waals surface area contributed by atoms with Crippen molar-refractivity contribution in [3.05, 3.63) is 42.7 Å². The summed E-state index contributed by atoms with van der Waals surface area (Å²) in [5.74, 6) is -0.172. The zero-order valence-corrected chi connectivity index (χ0v) is 16.3. The van der Waals surface area contributed by atoms with Gasteiger partial charge in [0.2, 0.25) is 5.91 Å². The summed E-state index contributed by atoms with van der Waals surface area (Å²) in [4.78, 5) is 11.9. The van der Waals surface area contributed by atoms with Crippen LogP contribution in [0.1, 0.15) is 0 Å². The summed E-state index contributed by atoms with van der Waals surface area (Å²) in [6.07, 6.45) is 1.34. The molecule has 4 rings (SSSR count). The first-order valence-electron chi connectivity index (χ1n) is 8.36. The Morgan fingerprint density at radius 3 is 2.52 bits per heavy atom. The maximum atomic E-state index is 13.5. The van der Waals surface area contributed by atoms with Crippen molar-refractivity contribution in [1.82, 2.24) is 20.2 Å². The normalized spacial score (nSPS) is 13.6. The number of carbonyl (C=O) groups excluding carboxylic acids is 1. The molecule has 0 atom stereocenters. The number of benzene rings is 2. The number of tetrazole rings is 1. The van der Waals surface area contributed by atoms with Gasteiger partial charge in [0.1, 0.15) is 35.0 Å². The predicted octanol–water partition coefficient (Wildman–Crippen LogP) is 0.827. The van der Waals surface area contributed by atoms with Crippen LogP contribution in [0.2, 0.25) is 0 Å². The molecule has 1 amide bonds. The van der Waals surface area contributed by atoms with Crippen LogP contribution in [-0.4, -0.2) is 55.3 Å². The number of hydrogen-bond acceptors (Lipinski definition) is 8. The Hall–Kier alpha value is -3.67. The van der Waals surface area contributed by atoms with E-state index in [4.69, 9.17) is 9.47 Å². The SMILES string of the molecule is COc1cc(S(=O)(=O)N2CC(=O)Nc3ccccc32)c(OC)cc1-n1cnnn1. The minimum atomic E-state index is -4.16. The highest BCUT2D eigenvalue weighted by Gasteiger charge is 2.35. The molecule has 0 saturated heterocycles. The zero-order valence-electron chi connectivity index (χ0n) is 15.4. The van der Waals surface area contributed by atoms with Crippen molar-refractivity contribution in [3.8, 4) is 17.2 Å². The molecule has 0 spiro atoms. The number of para-hydroxylation sites is 2. The fraction of sp³-hybridized carbons (Fsp3) is 0.176. The van der Waals surface area contributed by atoms with Crippen molar-refractivity contribution in [3.63, 3.8) is 0 Å². The first kappa shape index (κ1) is 18.7. The quantitative estimate of drug-likeness (QED) is 0.648. The first-order valence-corrected chi connectivity index (χ1v) is 9.80. The molecule has 3 aromatic rings. The second-order valence-electron chi connectivity index (χ2n) is 6.01. The van der Waals surface area contributed by atoms with Crippen LogP contribution in [0.25, 0.3) is 5.69 Å². The Kier molecular flexibility index (Phi) is 4.54. The molecule has 150 valence electrons. The van der Waals surface area contributed by atoms with Crippen LogP contribution in [0.4, 0.5) is 11.4 Å². The van der Waals surface area contributed by atoms with E-state index >= 15 is 0 Å². The van der Waals surface area contributed by atoms with E-state index in [9.17, 15) is 13.2 Å². The zero-order chi connectivity index (χ0) is 20.6. The number of rotatable bonds is 5. The second-order valence-corrected chi connectivity index (χ2v) is 7.84. The molecule has 1 aliphatic rings. The number of hydrogen-bond donors (Lipinski definition) is 1. The van der Waals surface area contributed by atoms with Gasteiger partial charge < -0.3 is 14.8 Å². The van der Waals surface area contributed by atoms with Crippen LogP contribution in [0.3, 0.4) is 0 Å². The first-order chi connectivity index (χ1) is 14.0. The van der Waals surface area contributed by atoms with Crippen LogP contribution < -0.4 is 19.1 Å².